The number of nitrogens with two attached hydrogens (primary N) is 1. The SMILES string of the molecule is CC(C)C1CCN(C(=O)c2ccccc2N)CC1.Cl. The van der Waals surface area contributed by atoms with Gasteiger partial charge < -0.3 is 10.6 Å². The Morgan fingerprint density at radius 3 is 2.37 bits per heavy atom. The molecule has 0 aliphatic carbocycles. The number of nitrogen functional groups attached to an aromatic ring is 1. The molecule has 1 aliphatic rings. The number of nitrogens with zero attached hydrogens (tertiary/aromatic N) is 1. The second-order valence-corrected chi connectivity index (χ2v) is 5.46. The van der Waals surface area contributed by atoms with Crippen LogP contribution in [0, 0.1) is 11.8 Å². The van der Waals surface area contributed by atoms with E-state index in [9.17, 15) is 4.79 Å². The zero-order valence-electron chi connectivity index (χ0n) is 11.6. The summed E-state index contributed by atoms with van der Waals surface area (Å²) in [5, 5.41) is 0. The summed E-state index contributed by atoms with van der Waals surface area (Å²) in [4.78, 5) is 14.3. The molecular weight excluding hydrogens is 260 g/mol. The Labute approximate surface area is 121 Å². The lowest BCUT2D eigenvalue weighted by molar-refractivity contribution is 0.0669. The van der Waals surface area contributed by atoms with E-state index in [0.29, 0.717) is 17.2 Å². The van der Waals surface area contributed by atoms with Crippen LogP contribution in [0.3, 0.4) is 0 Å². The summed E-state index contributed by atoms with van der Waals surface area (Å²) in [6.07, 6.45) is 2.21. The first kappa shape index (κ1) is 15.8. The van der Waals surface area contributed by atoms with E-state index < -0.39 is 0 Å². The van der Waals surface area contributed by atoms with Gasteiger partial charge in [-0.25, -0.2) is 0 Å². The Kier molecular flexibility index (Phi) is 5.67. The van der Waals surface area contributed by atoms with Crippen molar-refractivity contribution in [3.8, 4) is 0 Å². The predicted molar refractivity (Wildman–Crippen MR) is 81.6 cm³/mol. The van der Waals surface area contributed by atoms with E-state index in [2.05, 4.69) is 13.8 Å². The summed E-state index contributed by atoms with van der Waals surface area (Å²) < 4.78 is 0. The molecule has 0 spiro atoms. The van der Waals surface area contributed by atoms with Crippen molar-refractivity contribution in [1.82, 2.24) is 4.90 Å². The fraction of sp³-hybridized carbons (Fsp3) is 0.533. The number of anilines is 1. The van der Waals surface area contributed by atoms with Gasteiger partial charge in [-0.15, -0.1) is 12.4 Å². The van der Waals surface area contributed by atoms with E-state index in [-0.39, 0.29) is 18.3 Å². The van der Waals surface area contributed by atoms with E-state index in [1.54, 1.807) is 6.07 Å². The lowest BCUT2D eigenvalue weighted by Gasteiger charge is -2.34. The molecule has 0 unspecified atom stereocenters. The molecule has 3 nitrogen and oxygen atoms in total. The molecule has 1 aliphatic heterocycles. The fourth-order valence-electron chi connectivity index (χ4n) is 2.63. The lowest BCUT2D eigenvalue weighted by Crippen LogP contribution is -2.39. The number of rotatable bonds is 2. The highest BCUT2D eigenvalue weighted by atomic mass is 35.5. The van der Waals surface area contributed by atoms with Gasteiger partial charge in [-0.2, -0.15) is 0 Å². The van der Waals surface area contributed by atoms with Gasteiger partial charge in [0, 0.05) is 18.8 Å². The molecule has 0 bridgehead atoms. The van der Waals surface area contributed by atoms with Gasteiger partial charge in [0.15, 0.2) is 0 Å². The highest BCUT2D eigenvalue weighted by Gasteiger charge is 2.25. The maximum Gasteiger partial charge on any atom is 0.255 e. The minimum Gasteiger partial charge on any atom is -0.398 e. The Hall–Kier alpha value is -1.22. The van der Waals surface area contributed by atoms with E-state index in [4.69, 9.17) is 5.73 Å². The van der Waals surface area contributed by atoms with Crippen LogP contribution in [-0.2, 0) is 0 Å². The number of halogens is 1. The number of amides is 1. The zero-order valence-corrected chi connectivity index (χ0v) is 12.5. The summed E-state index contributed by atoms with van der Waals surface area (Å²) in [6.45, 7) is 6.24. The van der Waals surface area contributed by atoms with Crippen molar-refractivity contribution < 1.29 is 4.79 Å². The lowest BCUT2D eigenvalue weighted by atomic mass is 9.86. The van der Waals surface area contributed by atoms with Gasteiger partial charge in [-0.05, 0) is 36.8 Å². The molecule has 19 heavy (non-hydrogen) atoms. The molecule has 0 aromatic heterocycles. The minimum atomic E-state index is 0. The Bertz CT molecular complexity index is 426. The molecule has 1 heterocycles. The van der Waals surface area contributed by atoms with Gasteiger partial charge in [0.2, 0.25) is 0 Å². The van der Waals surface area contributed by atoms with Crippen LogP contribution in [-0.4, -0.2) is 23.9 Å². The van der Waals surface area contributed by atoms with Crippen LogP contribution in [0.5, 0.6) is 0 Å². The van der Waals surface area contributed by atoms with Crippen LogP contribution in [0.15, 0.2) is 24.3 Å². The summed E-state index contributed by atoms with van der Waals surface area (Å²) in [6, 6.07) is 7.32. The van der Waals surface area contributed by atoms with Gasteiger partial charge in [-0.1, -0.05) is 26.0 Å². The normalized spacial score (nSPS) is 16.3. The second kappa shape index (κ2) is 6.80. The van der Waals surface area contributed by atoms with E-state index in [1.165, 1.54) is 0 Å². The molecule has 1 aromatic rings. The summed E-state index contributed by atoms with van der Waals surface area (Å²) in [5.74, 6) is 1.54. The van der Waals surface area contributed by atoms with Crippen LogP contribution in [0.4, 0.5) is 5.69 Å². The van der Waals surface area contributed by atoms with Gasteiger partial charge in [-0.3, -0.25) is 4.79 Å². The number of benzene rings is 1. The van der Waals surface area contributed by atoms with Crippen molar-refractivity contribution in [2.75, 3.05) is 18.8 Å². The van der Waals surface area contributed by atoms with Crippen molar-refractivity contribution in [3.63, 3.8) is 0 Å². The van der Waals surface area contributed by atoms with Crippen LogP contribution >= 0.6 is 12.4 Å². The Morgan fingerprint density at radius 2 is 1.84 bits per heavy atom. The number of carbonyl (C=O) groups excluding carboxylic acids is 1. The molecule has 0 saturated carbocycles. The number of carbonyl (C=O) groups is 1. The molecular formula is C15H23ClN2O. The first-order valence-corrected chi connectivity index (χ1v) is 6.73. The van der Waals surface area contributed by atoms with Crippen molar-refractivity contribution >= 4 is 24.0 Å². The maximum atomic E-state index is 12.3. The molecule has 2 N–H and O–H groups in total. The zero-order chi connectivity index (χ0) is 13.1. The quantitative estimate of drug-likeness (QED) is 0.847. The van der Waals surface area contributed by atoms with E-state index >= 15 is 0 Å². The van der Waals surface area contributed by atoms with Gasteiger partial charge in [0.1, 0.15) is 0 Å². The monoisotopic (exact) mass is 282 g/mol. The number of hydrogen-bond acceptors (Lipinski definition) is 2. The first-order valence-electron chi connectivity index (χ1n) is 6.73. The number of hydrogen-bond donors (Lipinski definition) is 1. The highest BCUT2D eigenvalue weighted by Crippen LogP contribution is 2.26. The Balaban J connectivity index is 0.00000180. The summed E-state index contributed by atoms with van der Waals surface area (Å²) >= 11 is 0. The fourth-order valence-corrected chi connectivity index (χ4v) is 2.63. The number of piperidine rings is 1. The van der Waals surface area contributed by atoms with Gasteiger partial charge in [0.25, 0.3) is 5.91 Å². The van der Waals surface area contributed by atoms with Crippen LogP contribution in [0.25, 0.3) is 0 Å². The predicted octanol–water partition coefficient (Wildman–Crippen LogP) is 3.20. The average molecular weight is 283 g/mol. The van der Waals surface area contributed by atoms with Crippen molar-refractivity contribution in [2.24, 2.45) is 11.8 Å². The molecule has 106 valence electrons. The van der Waals surface area contributed by atoms with Crippen LogP contribution < -0.4 is 5.73 Å². The standard InChI is InChI=1S/C15H22N2O.ClH/c1-11(2)12-7-9-17(10-8-12)15(18)13-5-3-4-6-14(13)16;/h3-6,11-12H,7-10,16H2,1-2H3;1H. The minimum absolute atomic E-state index is 0. The van der Waals surface area contributed by atoms with Crippen molar-refractivity contribution in [1.29, 1.82) is 0 Å². The molecule has 1 aromatic carbocycles. The summed E-state index contributed by atoms with van der Waals surface area (Å²) in [7, 11) is 0. The third-order valence-electron chi connectivity index (χ3n) is 3.96. The third-order valence-corrected chi connectivity index (χ3v) is 3.96. The smallest absolute Gasteiger partial charge is 0.255 e. The number of likely N-dealkylation sites (tertiary alicyclic amines) is 1. The van der Waals surface area contributed by atoms with Crippen LogP contribution in [0.1, 0.15) is 37.0 Å². The number of para-hydroxylation sites is 1. The molecule has 2 rings (SSSR count). The highest BCUT2D eigenvalue weighted by molar-refractivity contribution is 5.99. The van der Waals surface area contributed by atoms with Gasteiger partial charge >= 0.3 is 0 Å². The van der Waals surface area contributed by atoms with E-state index in [1.807, 2.05) is 23.1 Å². The van der Waals surface area contributed by atoms with Crippen molar-refractivity contribution in [3.05, 3.63) is 29.8 Å². The topological polar surface area (TPSA) is 46.3 Å². The first-order chi connectivity index (χ1) is 8.59. The molecule has 4 heteroatoms. The average Bonchev–Trinajstić information content (AvgIpc) is 2.38. The molecule has 1 fully saturated rings. The second-order valence-electron chi connectivity index (χ2n) is 5.46. The Morgan fingerprint density at radius 1 is 1.26 bits per heavy atom. The van der Waals surface area contributed by atoms with Crippen LogP contribution in [0.2, 0.25) is 0 Å². The third kappa shape index (κ3) is 3.63. The largest absolute Gasteiger partial charge is 0.398 e. The van der Waals surface area contributed by atoms with E-state index in [0.717, 1.165) is 31.8 Å². The maximum absolute atomic E-state index is 12.3. The van der Waals surface area contributed by atoms with Crippen molar-refractivity contribution in [2.45, 2.75) is 26.7 Å². The molecule has 0 atom stereocenters. The van der Waals surface area contributed by atoms with Gasteiger partial charge in [0.05, 0.1) is 5.56 Å². The molecule has 1 amide bonds. The molecule has 0 radical (unpaired) electrons. The summed E-state index contributed by atoms with van der Waals surface area (Å²) in [5.41, 5.74) is 7.07. The molecule has 1 saturated heterocycles.